The Hall–Kier alpha value is -1.42. The highest BCUT2D eigenvalue weighted by Gasteiger charge is 2.21. The summed E-state index contributed by atoms with van der Waals surface area (Å²) >= 11 is 0. The van der Waals surface area contributed by atoms with E-state index in [0.29, 0.717) is 0 Å². The number of hydrogen-bond donors (Lipinski definition) is 2. The molecule has 76 valence electrons. The topological polar surface area (TPSA) is 63.3 Å². The smallest absolute Gasteiger partial charge is 0.321 e. The van der Waals surface area contributed by atoms with Crippen molar-refractivity contribution in [3.63, 3.8) is 0 Å². The second-order valence-electron chi connectivity index (χ2n) is 3.20. The summed E-state index contributed by atoms with van der Waals surface area (Å²) < 4.78 is 12.6. The van der Waals surface area contributed by atoms with Gasteiger partial charge in [-0.05, 0) is 17.7 Å². The summed E-state index contributed by atoms with van der Waals surface area (Å²) in [4.78, 5) is 10.6. The summed E-state index contributed by atoms with van der Waals surface area (Å²) in [6, 6.07) is 4.72. The van der Waals surface area contributed by atoms with Gasteiger partial charge in [-0.3, -0.25) is 4.79 Å². The van der Waals surface area contributed by atoms with Crippen molar-refractivity contribution in [1.82, 2.24) is 0 Å². The SMILES string of the molecule is C[C@@H](c1ccc(F)cc1)[C@H](N)C(=O)O. The lowest BCUT2D eigenvalue weighted by Crippen LogP contribution is -2.35. The largest absolute Gasteiger partial charge is 0.480 e. The molecule has 2 atom stereocenters. The Morgan fingerprint density at radius 2 is 1.93 bits per heavy atom. The molecule has 1 aromatic rings. The maximum atomic E-state index is 12.6. The Bertz CT molecular complexity index is 323. The number of carboxylic acid groups (broad SMARTS) is 1. The zero-order chi connectivity index (χ0) is 10.7. The first kappa shape index (κ1) is 10.7. The molecule has 0 fully saturated rings. The van der Waals surface area contributed by atoms with Gasteiger partial charge in [0, 0.05) is 5.92 Å². The molecule has 1 rings (SSSR count). The van der Waals surface area contributed by atoms with E-state index in [4.69, 9.17) is 10.8 Å². The molecule has 0 spiro atoms. The maximum absolute atomic E-state index is 12.6. The van der Waals surface area contributed by atoms with E-state index >= 15 is 0 Å². The first-order valence-corrected chi connectivity index (χ1v) is 4.26. The molecule has 4 heteroatoms. The van der Waals surface area contributed by atoms with Gasteiger partial charge < -0.3 is 10.8 Å². The first-order chi connectivity index (χ1) is 6.52. The standard InChI is InChI=1S/C10H12FNO2/c1-6(9(12)10(13)14)7-2-4-8(11)5-3-7/h2-6,9H,12H2,1H3,(H,13,14)/t6-,9-/m0/s1. The monoisotopic (exact) mass is 197 g/mol. The van der Waals surface area contributed by atoms with Crippen molar-refractivity contribution in [2.24, 2.45) is 5.73 Å². The molecular formula is C10H12FNO2. The number of aliphatic carboxylic acids is 1. The first-order valence-electron chi connectivity index (χ1n) is 4.26. The predicted octanol–water partition coefficient (Wildman–Crippen LogP) is 1.34. The van der Waals surface area contributed by atoms with E-state index in [1.165, 1.54) is 12.1 Å². The van der Waals surface area contributed by atoms with E-state index in [-0.39, 0.29) is 11.7 Å². The van der Waals surface area contributed by atoms with Gasteiger partial charge in [0.2, 0.25) is 0 Å². The lowest BCUT2D eigenvalue weighted by atomic mass is 9.94. The van der Waals surface area contributed by atoms with Crippen LogP contribution in [0.2, 0.25) is 0 Å². The minimum absolute atomic E-state index is 0.326. The second kappa shape index (κ2) is 4.19. The third-order valence-electron chi connectivity index (χ3n) is 2.22. The molecule has 0 aliphatic carbocycles. The van der Waals surface area contributed by atoms with Crippen molar-refractivity contribution < 1.29 is 14.3 Å². The molecule has 0 radical (unpaired) electrons. The highest BCUT2D eigenvalue weighted by atomic mass is 19.1. The molecule has 0 bridgehead atoms. The minimum atomic E-state index is -1.05. The molecular weight excluding hydrogens is 185 g/mol. The summed E-state index contributed by atoms with van der Waals surface area (Å²) in [6.45, 7) is 1.70. The average Bonchev–Trinajstić information content (AvgIpc) is 2.16. The fourth-order valence-electron chi connectivity index (χ4n) is 1.19. The third-order valence-corrected chi connectivity index (χ3v) is 2.22. The highest BCUT2D eigenvalue weighted by Crippen LogP contribution is 2.18. The van der Waals surface area contributed by atoms with Crippen molar-refractivity contribution in [2.75, 3.05) is 0 Å². The fourth-order valence-corrected chi connectivity index (χ4v) is 1.19. The van der Waals surface area contributed by atoms with Crippen LogP contribution in [0.3, 0.4) is 0 Å². The van der Waals surface area contributed by atoms with Crippen LogP contribution < -0.4 is 5.73 Å². The van der Waals surface area contributed by atoms with Crippen molar-refractivity contribution in [3.8, 4) is 0 Å². The molecule has 0 amide bonds. The summed E-state index contributed by atoms with van der Waals surface area (Å²) in [7, 11) is 0. The lowest BCUT2D eigenvalue weighted by molar-refractivity contribution is -0.139. The van der Waals surface area contributed by atoms with Gasteiger partial charge in [-0.15, -0.1) is 0 Å². The number of rotatable bonds is 3. The summed E-state index contributed by atoms with van der Waals surface area (Å²) in [5.74, 6) is -1.72. The molecule has 14 heavy (non-hydrogen) atoms. The van der Waals surface area contributed by atoms with Crippen molar-refractivity contribution in [3.05, 3.63) is 35.6 Å². The summed E-state index contributed by atoms with van der Waals surface area (Å²) in [5, 5.41) is 8.67. The number of benzene rings is 1. The molecule has 0 saturated heterocycles. The number of carbonyl (C=O) groups is 1. The van der Waals surface area contributed by atoms with Crippen molar-refractivity contribution >= 4 is 5.97 Å². The third kappa shape index (κ3) is 2.29. The minimum Gasteiger partial charge on any atom is -0.480 e. The number of hydrogen-bond acceptors (Lipinski definition) is 2. The van der Waals surface area contributed by atoms with Gasteiger partial charge in [0.1, 0.15) is 11.9 Å². The fraction of sp³-hybridized carbons (Fsp3) is 0.300. The van der Waals surface area contributed by atoms with Gasteiger partial charge >= 0.3 is 5.97 Å². The van der Waals surface area contributed by atoms with Gasteiger partial charge in [-0.25, -0.2) is 4.39 Å². The maximum Gasteiger partial charge on any atom is 0.321 e. The quantitative estimate of drug-likeness (QED) is 0.768. The lowest BCUT2D eigenvalue weighted by Gasteiger charge is -2.15. The molecule has 0 aromatic heterocycles. The molecule has 1 aromatic carbocycles. The zero-order valence-corrected chi connectivity index (χ0v) is 7.77. The van der Waals surface area contributed by atoms with Crippen LogP contribution in [-0.2, 0) is 4.79 Å². The van der Waals surface area contributed by atoms with Gasteiger partial charge in [0.25, 0.3) is 0 Å². The van der Waals surface area contributed by atoms with Crippen LogP contribution in [0.25, 0.3) is 0 Å². The van der Waals surface area contributed by atoms with Crippen LogP contribution >= 0.6 is 0 Å². The van der Waals surface area contributed by atoms with Crippen molar-refractivity contribution in [2.45, 2.75) is 18.9 Å². The van der Waals surface area contributed by atoms with Crippen LogP contribution in [0, 0.1) is 5.82 Å². The Morgan fingerprint density at radius 3 is 2.36 bits per heavy atom. The van der Waals surface area contributed by atoms with Gasteiger partial charge in [0.15, 0.2) is 0 Å². The van der Waals surface area contributed by atoms with Crippen LogP contribution in [-0.4, -0.2) is 17.1 Å². The van der Waals surface area contributed by atoms with Crippen molar-refractivity contribution in [1.29, 1.82) is 0 Å². The van der Waals surface area contributed by atoms with Gasteiger partial charge in [-0.1, -0.05) is 19.1 Å². The molecule has 3 nitrogen and oxygen atoms in total. The number of nitrogens with two attached hydrogens (primary N) is 1. The Kier molecular flexibility index (Phi) is 3.19. The number of carboxylic acids is 1. The highest BCUT2D eigenvalue weighted by molar-refractivity contribution is 5.74. The van der Waals surface area contributed by atoms with Crippen LogP contribution in [0.5, 0.6) is 0 Å². The Morgan fingerprint density at radius 1 is 1.43 bits per heavy atom. The second-order valence-corrected chi connectivity index (χ2v) is 3.20. The normalized spacial score (nSPS) is 14.8. The average molecular weight is 197 g/mol. The van der Waals surface area contributed by atoms with E-state index < -0.39 is 12.0 Å². The predicted molar refractivity (Wildman–Crippen MR) is 50.4 cm³/mol. The zero-order valence-electron chi connectivity index (χ0n) is 7.77. The molecule has 0 unspecified atom stereocenters. The number of halogens is 1. The summed E-state index contributed by atoms with van der Waals surface area (Å²) in [5.41, 5.74) is 6.16. The molecule has 0 heterocycles. The van der Waals surface area contributed by atoms with E-state index in [1.807, 2.05) is 0 Å². The van der Waals surface area contributed by atoms with E-state index in [9.17, 15) is 9.18 Å². The van der Waals surface area contributed by atoms with E-state index in [1.54, 1.807) is 19.1 Å². The van der Waals surface area contributed by atoms with E-state index in [2.05, 4.69) is 0 Å². The Labute approximate surface area is 81.4 Å². The Balaban J connectivity index is 2.84. The van der Waals surface area contributed by atoms with E-state index in [0.717, 1.165) is 5.56 Å². The summed E-state index contributed by atoms with van der Waals surface area (Å²) in [6.07, 6.45) is 0. The molecule has 0 saturated carbocycles. The molecule has 3 N–H and O–H groups in total. The van der Waals surface area contributed by atoms with Crippen LogP contribution in [0.4, 0.5) is 4.39 Å². The van der Waals surface area contributed by atoms with Gasteiger partial charge in [0.05, 0.1) is 0 Å². The molecule has 0 aliphatic heterocycles. The van der Waals surface area contributed by atoms with Crippen LogP contribution in [0.1, 0.15) is 18.4 Å². The molecule has 0 aliphatic rings. The van der Waals surface area contributed by atoms with Crippen LogP contribution in [0.15, 0.2) is 24.3 Å². The van der Waals surface area contributed by atoms with Gasteiger partial charge in [-0.2, -0.15) is 0 Å².